The number of pyridine rings is 1. The van der Waals surface area contributed by atoms with Crippen LogP contribution in [0.1, 0.15) is 15.2 Å². The third-order valence-electron chi connectivity index (χ3n) is 3.85. The number of nitrogens with zero attached hydrogens (tertiary/aromatic N) is 2. The maximum atomic E-state index is 12.7. The van der Waals surface area contributed by atoms with Crippen molar-refractivity contribution in [2.24, 2.45) is 0 Å². The molecule has 0 saturated heterocycles. The molecule has 0 atom stereocenters. The third-order valence-corrected chi connectivity index (χ3v) is 5.22. The number of fused-ring (bicyclic) bond motifs is 2. The lowest BCUT2D eigenvalue weighted by Crippen LogP contribution is -2.25. The van der Waals surface area contributed by atoms with E-state index in [0.29, 0.717) is 28.7 Å². The average molecular weight is 414 g/mol. The van der Waals surface area contributed by atoms with Gasteiger partial charge in [0, 0.05) is 15.5 Å². The second-order valence-corrected chi connectivity index (χ2v) is 7.40. The summed E-state index contributed by atoms with van der Waals surface area (Å²) in [6.45, 7) is 0.447. The molecule has 5 nitrogen and oxygen atoms in total. The van der Waals surface area contributed by atoms with Gasteiger partial charge in [0.2, 0.25) is 0 Å². The molecule has 0 fully saturated rings. The molecule has 0 bridgehead atoms. The maximum absolute atomic E-state index is 12.7. The molecule has 0 aliphatic rings. The number of aromatic nitrogens is 2. The zero-order valence-corrected chi connectivity index (χ0v) is 15.3. The molecule has 4 rings (SSSR count). The number of nitrogens with one attached hydrogen (secondary N) is 1. The van der Waals surface area contributed by atoms with Gasteiger partial charge < -0.3 is 5.32 Å². The highest BCUT2D eigenvalue weighted by Gasteiger charge is 2.14. The lowest BCUT2D eigenvalue weighted by Gasteiger charge is -2.09. The number of thiophene rings is 1. The van der Waals surface area contributed by atoms with Gasteiger partial charge in [0.15, 0.2) is 5.65 Å². The van der Waals surface area contributed by atoms with Crippen molar-refractivity contribution in [3.05, 3.63) is 79.3 Å². The molecule has 0 aliphatic carbocycles. The fraction of sp³-hybridized carbons (Fsp3) is 0.0556. The number of hydrogen-bond donors (Lipinski definition) is 1. The van der Waals surface area contributed by atoms with Gasteiger partial charge in [0.05, 0.1) is 23.0 Å². The lowest BCUT2D eigenvalue weighted by molar-refractivity contribution is 0.0952. The molecule has 7 heteroatoms. The molecule has 124 valence electrons. The average Bonchev–Trinajstić information content (AvgIpc) is 3.14. The summed E-state index contributed by atoms with van der Waals surface area (Å²) < 4.78 is 2.22. The molecule has 1 amide bonds. The molecule has 1 N–H and O–H groups in total. The Morgan fingerprint density at radius 1 is 1.24 bits per heavy atom. The lowest BCUT2D eigenvalue weighted by atomic mass is 10.2. The van der Waals surface area contributed by atoms with Gasteiger partial charge in [-0.05, 0) is 41.8 Å². The van der Waals surface area contributed by atoms with Crippen molar-refractivity contribution in [2.45, 2.75) is 6.54 Å². The highest BCUT2D eigenvalue weighted by molar-refractivity contribution is 9.10. The Labute approximate surface area is 155 Å². The van der Waals surface area contributed by atoms with E-state index < -0.39 is 0 Å². The second-order valence-electron chi connectivity index (χ2n) is 5.46. The van der Waals surface area contributed by atoms with Crippen molar-refractivity contribution in [2.75, 3.05) is 0 Å². The van der Waals surface area contributed by atoms with E-state index in [1.54, 1.807) is 41.8 Å². The first-order valence-electron chi connectivity index (χ1n) is 7.55. The molecule has 0 spiro atoms. The minimum Gasteiger partial charge on any atom is -0.347 e. The van der Waals surface area contributed by atoms with E-state index in [2.05, 4.69) is 26.2 Å². The topological polar surface area (TPSA) is 63.5 Å². The minimum absolute atomic E-state index is 0.200. The fourth-order valence-corrected chi connectivity index (χ4v) is 3.66. The summed E-state index contributed by atoms with van der Waals surface area (Å²) >= 11 is 4.95. The molecule has 3 heterocycles. The summed E-state index contributed by atoms with van der Waals surface area (Å²) in [7, 11) is 0. The molecule has 0 radical (unpaired) electrons. The largest absolute Gasteiger partial charge is 0.347 e. The summed E-state index contributed by atoms with van der Waals surface area (Å²) in [4.78, 5) is 30.9. The van der Waals surface area contributed by atoms with E-state index in [4.69, 9.17) is 0 Å². The summed E-state index contributed by atoms with van der Waals surface area (Å²) in [6.07, 6.45) is 1.63. The highest BCUT2D eigenvalue weighted by atomic mass is 79.9. The molecular weight excluding hydrogens is 402 g/mol. The van der Waals surface area contributed by atoms with Crippen LogP contribution in [0.25, 0.3) is 16.6 Å². The number of amides is 1. The van der Waals surface area contributed by atoms with Crippen molar-refractivity contribution >= 4 is 49.7 Å². The standard InChI is InChI=1S/C18H12BrN3O2S/c19-11-5-6-15-14(9-11)18(24)22-7-1-4-13(16(22)21-15)17(23)20-10-12-3-2-8-25-12/h1-9H,10H2,(H,20,23). The smallest absolute Gasteiger partial charge is 0.265 e. The van der Waals surface area contributed by atoms with Crippen molar-refractivity contribution in [3.8, 4) is 0 Å². The molecule has 25 heavy (non-hydrogen) atoms. The van der Waals surface area contributed by atoms with Gasteiger partial charge in [0.1, 0.15) is 0 Å². The van der Waals surface area contributed by atoms with Gasteiger partial charge in [-0.1, -0.05) is 22.0 Å². The van der Waals surface area contributed by atoms with E-state index in [1.807, 2.05) is 23.6 Å². The SMILES string of the molecule is O=C(NCc1cccs1)c1cccn2c(=O)c3cc(Br)ccc3nc12. The van der Waals surface area contributed by atoms with Crippen LogP contribution in [0, 0.1) is 0 Å². The van der Waals surface area contributed by atoms with Crippen LogP contribution >= 0.6 is 27.3 Å². The Hall–Kier alpha value is -2.51. The van der Waals surface area contributed by atoms with Crippen LogP contribution in [-0.2, 0) is 6.54 Å². The number of carbonyl (C=O) groups excluding carboxylic acids is 1. The Bertz CT molecular complexity index is 1150. The van der Waals surface area contributed by atoms with E-state index >= 15 is 0 Å². The normalized spacial score (nSPS) is 11.1. The van der Waals surface area contributed by atoms with Crippen LogP contribution in [0.3, 0.4) is 0 Å². The number of benzene rings is 1. The second kappa shape index (κ2) is 6.42. The molecule has 4 aromatic rings. The van der Waals surface area contributed by atoms with Crippen molar-refractivity contribution in [3.63, 3.8) is 0 Å². The molecule has 0 unspecified atom stereocenters. The molecule has 0 aliphatic heterocycles. The van der Waals surface area contributed by atoms with Gasteiger partial charge >= 0.3 is 0 Å². The summed E-state index contributed by atoms with van der Waals surface area (Å²) in [5, 5.41) is 5.34. The molecule has 3 aromatic heterocycles. The maximum Gasteiger partial charge on any atom is 0.265 e. The minimum atomic E-state index is -0.255. The summed E-state index contributed by atoms with van der Waals surface area (Å²) in [5.74, 6) is -0.255. The van der Waals surface area contributed by atoms with Gasteiger partial charge in [-0.15, -0.1) is 11.3 Å². The van der Waals surface area contributed by atoms with E-state index in [1.165, 1.54) is 4.40 Å². The first-order chi connectivity index (χ1) is 12.1. The Morgan fingerprint density at radius 3 is 2.92 bits per heavy atom. The Morgan fingerprint density at radius 2 is 2.12 bits per heavy atom. The summed E-state index contributed by atoms with van der Waals surface area (Å²) in [6, 6.07) is 12.6. The van der Waals surface area contributed by atoms with E-state index in [9.17, 15) is 9.59 Å². The highest BCUT2D eigenvalue weighted by Crippen LogP contribution is 2.18. The van der Waals surface area contributed by atoms with Crippen LogP contribution in [0.2, 0.25) is 0 Å². The first-order valence-corrected chi connectivity index (χ1v) is 9.22. The number of halogens is 1. The summed E-state index contributed by atoms with van der Waals surface area (Å²) in [5.41, 5.74) is 1.09. The third kappa shape index (κ3) is 2.96. The van der Waals surface area contributed by atoms with Crippen molar-refractivity contribution in [1.29, 1.82) is 0 Å². The van der Waals surface area contributed by atoms with E-state index in [-0.39, 0.29) is 11.5 Å². The van der Waals surface area contributed by atoms with Crippen LogP contribution in [0.15, 0.2) is 63.3 Å². The number of hydrogen-bond acceptors (Lipinski definition) is 4. The predicted octanol–water partition coefficient (Wildman–Crippen LogP) is 3.60. The zero-order valence-electron chi connectivity index (χ0n) is 12.9. The van der Waals surface area contributed by atoms with Crippen LogP contribution in [0.5, 0.6) is 0 Å². The molecule has 1 aromatic carbocycles. The molecule has 0 saturated carbocycles. The van der Waals surface area contributed by atoms with Crippen LogP contribution in [0.4, 0.5) is 0 Å². The van der Waals surface area contributed by atoms with Gasteiger partial charge in [-0.3, -0.25) is 14.0 Å². The monoisotopic (exact) mass is 413 g/mol. The number of rotatable bonds is 3. The van der Waals surface area contributed by atoms with Crippen LogP contribution in [-0.4, -0.2) is 15.3 Å². The van der Waals surface area contributed by atoms with Gasteiger partial charge in [-0.2, -0.15) is 0 Å². The van der Waals surface area contributed by atoms with Gasteiger partial charge in [0.25, 0.3) is 11.5 Å². The van der Waals surface area contributed by atoms with Crippen LogP contribution < -0.4 is 10.9 Å². The van der Waals surface area contributed by atoms with E-state index in [0.717, 1.165) is 9.35 Å². The number of carbonyl (C=O) groups is 1. The first kappa shape index (κ1) is 16.0. The van der Waals surface area contributed by atoms with Gasteiger partial charge in [-0.25, -0.2) is 4.98 Å². The quantitative estimate of drug-likeness (QED) is 0.521. The Kier molecular flexibility index (Phi) is 4.10. The zero-order chi connectivity index (χ0) is 17.4. The molecular formula is C18H12BrN3O2S. The van der Waals surface area contributed by atoms with Crippen molar-refractivity contribution < 1.29 is 4.79 Å². The predicted molar refractivity (Wildman–Crippen MR) is 102 cm³/mol. The fourth-order valence-electron chi connectivity index (χ4n) is 2.65. The Balaban J connectivity index is 1.81. The van der Waals surface area contributed by atoms with Crippen molar-refractivity contribution in [1.82, 2.24) is 14.7 Å².